The minimum absolute atomic E-state index is 0.188. The van der Waals surface area contributed by atoms with E-state index in [-0.39, 0.29) is 6.10 Å². The molecular formula is C11H18O3S. The molecule has 0 radical (unpaired) electrons. The van der Waals surface area contributed by atoms with Crippen LogP contribution in [0.4, 0.5) is 0 Å². The Morgan fingerprint density at radius 2 is 2.07 bits per heavy atom. The van der Waals surface area contributed by atoms with E-state index in [0.717, 1.165) is 18.6 Å². The van der Waals surface area contributed by atoms with Gasteiger partial charge in [-0.25, -0.2) is 4.79 Å². The Bertz CT molecular complexity index is 230. The second-order valence-corrected chi connectivity index (χ2v) is 5.59. The summed E-state index contributed by atoms with van der Waals surface area (Å²) in [5, 5.41) is 9.26. The number of hydrogen-bond donors (Lipinski definition) is 1. The Morgan fingerprint density at radius 3 is 2.60 bits per heavy atom. The van der Waals surface area contributed by atoms with Gasteiger partial charge in [0.15, 0.2) is 5.60 Å². The highest BCUT2D eigenvalue weighted by molar-refractivity contribution is 7.99. The third kappa shape index (κ3) is 2.48. The average Bonchev–Trinajstić information content (AvgIpc) is 2.69. The number of ether oxygens (including phenoxy) is 1. The second-order valence-electron chi connectivity index (χ2n) is 4.48. The van der Waals surface area contributed by atoms with Crippen LogP contribution in [0.2, 0.25) is 0 Å². The van der Waals surface area contributed by atoms with Crippen molar-refractivity contribution in [3.8, 4) is 0 Å². The molecule has 0 spiro atoms. The smallest absolute Gasteiger partial charge is 0.336 e. The molecule has 1 saturated carbocycles. The third-order valence-electron chi connectivity index (χ3n) is 3.32. The van der Waals surface area contributed by atoms with Crippen LogP contribution in [-0.2, 0) is 9.53 Å². The quantitative estimate of drug-likeness (QED) is 0.808. The summed E-state index contributed by atoms with van der Waals surface area (Å²) in [6.45, 7) is 0. The van der Waals surface area contributed by atoms with E-state index in [1.165, 1.54) is 19.3 Å². The van der Waals surface area contributed by atoms with Crippen molar-refractivity contribution in [2.75, 3.05) is 11.5 Å². The van der Waals surface area contributed by atoms with Crippen molar-refractivity contribution in [3.63, 3.8) is 0 Å². The monoisotopic (exact) mass is 230 g/mol. The van der Waals surface area contributed by atoms with Crippen molar-refractivity contribution >= 4 is 17.7 Å². The highest BCUT2D eigenvalue weighted by Crippen LogP contribution is 2.35. The molecule has 3 nitrogen and oxygen atoms in total. The molecule has 1 N–H and O–H groups in total. The Hall–Kier alpha value is -0.220. The number of carboxylic acid groups (broad SMARTS) is 1. The number of rotatable bonds is 3. The molecule has 1 unspecified atom stereocenters. The molecule has 15 heavy (non-hydrogen) atoms. The SMILES string of the molecule is O=C(O)C1(OC2CCCCC2)CCSC1. The van der Waals surface area contributed by atoms with E-state index in [1.54, 1.807) is 11.8 Å². The lowest BCUT2D eigenvalue weighted by Crippen LogP contribution is -2.45. The highest BCUT2D eigenvalue weighted by atomic mass is 32.2. The minimum atomic E-state index is -0.868. The molecule has 4 heteroatoms. The van der Waals surface area contributed by atoms with Crippen LogP contribution in [0, 0.1) is 0 Å². The van der Waals surface area contributed by atoms with Gasteiger partial charge in [-0.1, -0.05) is 19.3 Å². The van der Waals surface area contributed by atoms with E-state index in [4.69, 9.17) is 4.74 Å². The largest absolute Gasteiger partial charge is 0.479 e. The van der Waals surface area contributed by atoms with Crippen LogP contribution in [0.5, 0.6) is 0 Å². The summed E-state index contributed by atoms with van der Waals surface area (Å²) >= 11 is 1.69. The molecule has 1 aliphatic carbocycles. The first kappa shape index (κ1) is 11.3. The summed E-state index contributed by atoms with van der Waals surface area (Å²) < 4.78 is 5.88. The zero-order valence-electron chi connectivity index (χ0n) is 8.91. The zero-order chi connectivity index (χ0) is 10.7. The maximum absolute atomic E-state index is 11.3. The lowest BCUT2D eigenvalue weighted by atomic mass is 9.96. The first-order valence-electron chi connectivity index (χ1n) is 5.72. The molecular weight excluding hydrogens is 212 g/mol. The van der Waals surface area contributed by atoms with Crippen LogP contribution in [0.3, 0.4) is 0 Å². The maximum atomic E-state index is 11.3. The summed E-state index contributed by atoms with van der Waals surface area (Å²) in [7, 11) is 0. The Labute approximate surface area is 94.6 Å². The first-order chi connectivity index (χ1) is 7.23. The number of carboxylic acids is 1. The normalized spacial score (nSPS) is 33.1. The van der Waals surface area contributed by atoms with Gasteiger partial charge in [0.1, 0.15) is 0 Å². The van der Waals surface area contributed by atoms with Crippen LogP contribution < -0.4 is 0 Å². The fraction of sp³-hybridized carbons (Fsp3) is 0.909. The predicted molar refractivity (Wildman–Crippen MR) is 60.3 cm³/mol. The molecule has 1 atom stereocenters. The Kier molecular flexibility index (Phi) is 3.57. The van der Waals surface area contributed by atoms with Crippen molar-refractivity contribution in [3.05, 3.63) is 0 Å². The van der Waals surface area contributed by atoms with Gasteiger partial charge in [0.2, 0.25) is 0 Å². The van der Waals surface area contributed by atoms with E-state index in [9.17, 15) is 9.90 Å². The Morgan fingerprint density at radius 1 is 1.33 bits per heavy atom. The van der Waals surface area contributed by atoms with Gasteiger partial charge in [-0.3, -0.25) is 0 Å². The van der Waals surface area contributed by atoms with Gasteiger partial charge in [-0.05, 0) is 25.0 Å². The Balaban J connectivity index is 1.96. The molecule has 0 aromatic heterocycles. The fourth-order valence-electron chi connectivity index (χ4n) is 2.36. The molecule has 86 valence electrons. The van der Waals surface area contributed by atoms with Crippen LogP contribution in [0.25, 0.3) is 0 Å². The van der Waals surface area contributed by atoms with E-state index < -0.39 is 11.6 Å². The summed E-state index contributed by atoms with van der Waals surface area (Å²) in [4.78, 5) is 11.3. The van der Waals surface area contributed by atoms with Crippen molar-refractivity contribution < 1.29 is 14.6 Å². The van der Waals surface area contributed by atoms with Gasteiger partial charge in [0, 0.05) is 5.75 Å². The lowest BCUT2D eigenvalue weighted by Gasteiger charge is -2.31. The number of thioether (sulfide) groups is 1. The molecule has 0 amide bonds. The van der Waals surface area contributed by atoms with Crippen LogP contribution >= 0.6 is 11.8 Å². The molecule has 1 saturated heterocycles. The van der Waals surface area contributed by atoms with Crippen LogP contribution in [0.1, 0.15) is 38.5 Å². The predicted octanol–water partition coefficient (Wildman–Crippen LogP) is 2.30. The topological polar surface area (TPSA) is 46.5 Å². The summed E-state index contributed by atoms with van der Waals surface area (Å²) in [6.07, 6.45) is 6.59. The van der Waals surface area contributed by atoms with Gasteiger partial charge in [0.05, 0.1) is 6.10 Å². The number of hydrogen-bond acceptors (Lipinski definition) is 3. The number of aliphatic carboxylic acids is 1. The standard InChI is InChI=1S/C11H18O3S/c12-10(13)11(6-7-15-8-11)14-9-4-2-1-3-5-9/h9H,1-8H2,(H,12,13). The zero-order valence-corrected chi connectivity index (χ0v) is 9.72. The summed E-state index contributed by atoms with van der Waals surface area (Å²) in [5.74, 6) is 0.774. The minimum Gasteiger partial charge on any atom is -0.479 e. The van der Waals surface area contributed by atoms with Crippen molar-refractivity contribution in [2.45, 2.75) is 50.2 Å². The van der Waals surface area contributed by atoms with Crippen LogP contribution in [0.15, 0.2) is 0 Å². The molecule has 1 heterocycles. The van der Waals surface area contributed by atoms with Gasteiger partial charge < -0.3 is 9.84 Å². The number of carbonyl (C=O) groups is 1. The maximum Gasteiger partial charge on any atom is 0.336 e. The molecule has 1 aliphatic heterocycles. The lowest BCUT2D eigenvalue weighted by molar-refractivity contribution is -0.171. The summed E-state index contributed by atoms with van der Waals surface area (Å²) in [6, 6.07) is 0. The first-order valence-corrected chi connectivity index (χ1v) is 6.87. The molecule has 2 fully saturated rings. The average molecular weight is 230 g/mol. The van der Waals surface area contributed by atoms with E-state index >= 15 is 0 Å². The summed E-state index contributed by atoms with van der Waals surface area (Å²) in [5.41, 5.74) is -0.868. The molecule has 2 aliphatic rings. The van der Waals surface area contributed by atoms with E-state index in [2.05, 4.69) is 0 Å². The van der Waals surface area contributed by atoms with Gasteiger partial charge in [0.25, 0.3) is 0 Å². The van der Waals surface area contributed by atoms with Crippen molar-refractivity contribution in [1.82, 2.24) is 0 Å². The fourth-order valence-corrected chi connectivity index (χ4v) is 3.64. The van der Waals surface area contributed by atoms with Gasteiger partial charge >= 0.3 is 5.97 Å². The molecule has 0 aromatic rings. The van der Waals surface area contributed by atoms with Gasteiger partial charge in [-0.2, -0.15) is 11.8 Å². The van der Waals surface area contributed by atoms with Gasteiger partial charge in [-0.15, -0.1) is 0 Å². The van der Waals surface area contributed by atoms with Crippen molar-refractivity contribution in [2.24, 2.45) is 0 Å². The highest BCUT2D eigenvalue weighted by Gasteiger charge is 2.44. The van der Waals surface area contributed by atoms with E-state index in [1.807, 2.05) is 0 Å². The third-order valence-corrected chi connectivity index (χ3v) is 4.48. The second kappa shape index (κ2) is 4.74. The van der Waals surface area contributed by atoms with Crippen LogP contribution in [-0.4, -0.2) is 34.3 Å². The van der Waals surface area contributed by atoms with E-state index in [0.29, 0.717) is 12.2 Å². The molecule has 0 aromatic carbocycles. The molecule has 2 rings (SSSR count). The van der Waals surface area contributed by atoms with Crippen molar-refractivity contribution in [1.29, 1.82) is 0 Å². The molecule has 0 bridgehead atoms.